The van der Waals surface area contributed by atoms with Gasteiger partial charge in [-0.25, -0.2) is 8.42 Å². The number of aryl methyl sites for hydroxylation is 1. The molecule has 31 heavy (non-hydrogen) atoms. The van der Waals surface area contributed by atoms with Gasteiger partial charge < -0.3 is 5.32 Å². The lowest BCUT2D eigenvalue weighted by molar-refractivity contribution is 0.0943. The highest BCUT2D eigenvalue weighted by Gasteiger charge is 2.26. The third-order valence-electron chi connectivity index (χ3n) is 5.53. The van der Waals surface area contributed by atoms with E-state index in [2.05, 4.69) is 11.4 Å². The number of sulfonamides is 1. The molecule has 1 saturated heterocycles. The molecule has 1 heterocycles. The van der Waals surface area contributed by atoms with Crippen LogP contribution in [0.5, 0.6) is 0 Å². The molecule has 0 spiro atoms. The normalized spacial score (nSPS) is 16.5. The van der Waals surface area contributed by atoms with Crippen LogP contribution in [-0.2, 0) is 10.0 Å². The Morgan fingerprint density at radius 1 is 0.903 bits per heavy atom. The molecular formula is C25H26N2O3S. The van der Waals surface area contributed by atoms with E-state index in [1.54, 1.807) is 24.3 Å². The number of carbonyl (C=O) groups is 1. The van der Waals surface area contributed by atoms with E-state index in [4.69, 9.17) is 0 Å². The van der Waals surface area contributed by atoms with Gasteiger partial charge in [0.25, 0.3) is 5.91 Å². The molecule has 6 heteroatoms. The molecular weight excluding hydrogens is 408 g/mol. The molecule has 4 rings (SSSR count). The molecule has 1 atom stereocenters. The van der Waals surface area contributed by atoms with Gasteiger partial charge in [0.05, 0.1) is 17.5 Å². The first kappa shape index (κ1) is 21.1. The smallest absolute Gasteiger partial charge is 0.252 e. The average molecular weight is 435 g/mol. The standard InChI is InChI=1S/C25H26N2O3S/c1-19-9-7-12-21(17-19)24(20-10-3-2-4-11-20)26-25(28)22-13-8-14-23(18-22)27-15-5-6-16-31(27,29)30/h2-4,7-14,17-18,24H,5-6,15-16H2,1H3,(H,26,28)/t24-/m0/s1. The topological polar surface area (TPSA) is 66.5 Å². The van der Waals surface area contributed by atoms with E-state index >= 15 is 0 Å². The van der Waals surface area contributed by atoms with E-state index in [-0.39, 0.29) is 17.7 Å². The maximum Gasteiger partial charge on any atom is 0.252 e. The van der Waals surface area contributed by atoms with Crippen molar-refractivity contribution >= 4 is 21.6 Å². The van der Waals surface area contributed by atoms with Crippen molar-refractivity contribution in [3.05, 3.63) is 101 Å². The van der Waals surface area contributed by atoms with Crippen LogP contribution in [0.1, 0.15) is 45.9 Å². The van der Waals surface area contributed by atoms with Crippen LogP contribution < -0.4 is 9.62 Å². The molecule has 0 radical (unpaired) electrons. The number of nitrogens with one attached hydrogen (secondary N) is 1. The minimum atomic E-state index is -3.33. The number of rotatable bonds is 5. The van der Waals surface area contributed by atoms with Crippen LogP contribution in [0.2, 0.25) is 0 Å². The summed E-state index contributed by atoms with van der Waals surface area (Å²) in [6.07, 6.45) is 1.49. The van der Waals surface area contributed by atoms with Crippen LogP contribution >= 0.6 is 0 Å². The van der Waals surface area contributed by atoms with Crippen molar-refractivity contribution in [1.29, 1.82) is 0 Å². The molecule has 0 bridgehead atoms. The van der Waals surface area contributed by atoms with Crippen LogP contribution in [0.25, 0.3) is 0 Å². The van der Waals surface area contributed by atoms with Gasteiger partial charge in [0.15, 0.2) is 0 Å². The molecule has 1 N–H and O–H groups in total. The SMILES string of the molecule is Cc1cccc([C@@H](NC(=O)c2cccc(N3CCCCS3(=O)=O)c2)c2ccccc2)c1. The van der Waals surface area contributed by atoms with E-state index in [9.17, 15) is 13.2 Å². The van der Waals surface area contributed by atoms with Crippen molar-refractivity contribution in [2.24, 2.45) is 0 Å². The molecule has 1 aliphatic rings. The zero-order chi connectivity index (χ0) is 21.8. The second-order valence-corrected chi connectivity index (χ2v) is 9.89. The Kier molecular flexibility index (Phi) is 6.09. The first-order chi connectivity index (χ1) is 14.9. The van der Waals surface area contributed by atoms with Gasteiger partial charge in [0.1, 0.15) is 0 Å². The van der Waals surface area contributed by atoms with Gasteiger partial charge in [0, 0.05) is 12.1 Å². The van der Waals surface area contributed by atoms with Crippen LogP contribution in [-0.4, -0.2) is 26.6 Å². The van der Waals surface area contributed by atoms with Gasteiger partial charge in [0.2, 0.25) is 10.0 Å². The fourth-order valence-electron chi connectivity index (χ4n) is 3.95. The summed E-state index contributed by atoms with van der Waals surface area (Å²) in [6.45, 7) is 2.47. The van der Waals surface area contributed by atoms with E-state index in [1.807, 2.05) is 55.5 Å². The third kappa shape index (κ3) is 4.80. The van der Waals surface area contributed by atoms with Crippen molar-refractivity contribution in [3.63, 3.8) is 0 Å². The molecule has 1 fully saturated rings. The number of anilines is 1. The highest BCUT2D eigenvalue weighted by Crippen LogP contribution is 2.26. The van der Waals surface area contributed by atoms with E-state index in [0.717, 1.165) is 23.1 Å². The molecule has 5 nitrogen and oxygen atoms in total. The zero-order valence-corrected chi connectivity index (χ0v) is 18.3. The lowest BCUT2D eigenvalue weighted by Gasteiger charge is -2.28. The van der Waals surface area contributed by atoms with Crippen molar-refractivity contribution in [2.45, 2.75) is 25.8 Å². The summed E-state index contributed by atoms with van der Waals surface area (Å²) in [5.41, 5.74) is 4.07. The monoisotopic (exact) mass is 434 g/mol. The number of amides is 1. The summed E-state index contributed by atoms with van der Waals surface area (Å²) in [6, 6.07) is 24.4. The maximum atomic E-state index is 13.2. The summed E-state index contributed by atoms with van der Waals surface area (Å²) in [5, 5.41) is 3.14. The van der Waals surface area contributed by atoms with Gasteiger partial charge in [-0.15, -0.1) is 0 Å². The van der Waals surface area contributed by atoms with E-state index in [1.165, 1.54) is 4.31 Å². The molecule has 1 aliphatic heterocycles. The van der Waals surface area contributed by atoms with Gasteiger partial charge in [-0.2, -0.15) is 0 Å². The average Bonchev–Trinajstić information content (AvgIpc) is 2.77. The Bertz CT molecular complexity index is 1180. The van der Waals surface area contributed by atoms with Crippen molar-refractivity contribution in [2.75, 3.05) is 16.6 Å². The number of benzene rings is 3. The fraction of sp³-hybridized carbons (Fsp3) is 0.240. The highest BCUT2D eigenvalue weighted by molar-refractivity contribution is 7.92. The predicted molar refractivity (Wildman–Crippen MR) is 124 cm³/mol. The second kappa shape index (κ2) is 8.94. The Labute approximate surface area is 183 Å². The predicted octanol–water partition coefficient (Wildman–Crippen LogP) is 4.44. The molecule has 3 aromatic rings. The quantitative estimate of drug-likeness (QED) is 0.645. The highest BCUT2D eigenvalue weighted by atomic mass is 32.2. The largest absolute Gasteiger partial charge is 0.341 e. The molecule has 160 valence electrons. The first-order valence-electron chi connectivity index (χ1n) is 10.5. The van der Waals surface area contributed by atoms with Crippen LogP contribution in [0.4, 0.5) is 5.69 Å². The summed E-state index contributed by atoms with van der Waals surface area (Å²) < 4.78 is 26.4. The van der Waals surface area contributed by atoms with E-state index in [0.29, 0.717) is 24.2 Å². The van der Waals surface area contributed by atoms with Gasteiger partial charge in [-0.1, -0.05) is 66.2 Å². The van der Waals surface area contributed by atoms with Crippen LogP contribution in [0.15, 0.2) is 78.9 Å². The van der Waals surface area contributed by atoms with Crippen LogP contribution in [0, 0.1) is 6.92 Å². The summed E-state index contributed by atoms with van der Waals surface area (Å²) in [5.74, 6) is -0.0982. The van der Waals surface area contributed by atoms with Crippen molar-refractivity contribution in [3.8, 4) is 0 Å². The Morgan fingerprint density at radius 2 is 1.65 bits per heavy atom. The van der Waals surface area contributed by atoms with Crippen molar-refractivity contribution < 1.29 is 13.2 Å². The van der Waals surface area contributed by atoms with Gasteiger partial charge >= 0.3 is 0 Å². The minimum Gasteiger partial charge on any atom is -0.341 e. The number of hydrogen-bond acceptors (Lipinski definition) is 3. The molecule has 3 aromatic carbocycles. The van der Waals surface area contributed by atoms with Gasteiger partial charge in [-0.05, 0) is 49.1 Å². The summed E-state index contributed by atoms with van der Waals surface area (Å²) in [4.78, 5) is 13.2. The number of nitrogens with zero attached hydrogens (tertiary/aromatic N) is 1. The van der Waals surface area contributed by atoms with Crippen molar-refractivity contribution in [1.82, 2.24) is 5.32 Å². The number of carbonyl (C=O) groups excluding carboxylic acids is 1. The maximum absolute atomic E-state index is 13.2. The molecule has 0 aliphatic carbocycles. The van der Waals surface area contributed by atoms with Crippen LogP contribution in [0.3, 0.4) is 0 Å². The molecule has 0 unspecified atom stereocenters. The Morgan fingerprint density at radius 3 is 2.39 bits per heavy atom. The lowest BCUT2D eigenvalue weighted by atomic mass is 9.97. The summed E-state index contributed by atoms with van der Waals surface area (Å²) >= 11 is 0. The first-order valence-corrected chi connectivity index (χ1v) is 12.1. The van der Waals surface area contributed by atoms with E-state index < -0.39 is 10.0 Å². The Hall–Kier alpha value is -3.12. The second-order valence-electron chi connectivity index (χ2n) is 7.88. The molecule has 1 amide bonds. The Balaban J connectivity index is 1.64. The number of hydrogen-bond donors (Lipinski definition) is 1. The molecule has 0 saturated carbocycles. The lowest BCUT2D eigenvalue weighted by Crippen LogP contribution is -2.38. The summed E-state index contributed by atoms with van der Waals surface area (Å²) in [7, 11) is -3.33. The minimum absolute atomic E-state index is 0.146. The molecule has 0 aromatic heterocycles. The zero-order valence-electron chi connectivity index (χ0n) is 17.5. The fourth-order valence-corrected chi connectivity index (χ4v) is 5.58. The van der Waals surface area contributed by atoms with Gasteiger partial charge in [-0.3, -0.25) is 9.10 Å². The third-order valence-corrected chi connectivity index (χ3v) is 7.40.